The minimum Gasteiger partial charge on any atom is -0.480 e. The van der Waals surface area contributed by atoms with E-state index in [4.69, 9.17) is 4.74 Å². The number of nitrogens with one attached hydrogen (secondary N) is 1. The highest BCUT2D eigenvalue weighted by atomic mass is 19.1. The van der Waals surface area contributed by atoms with E-state index in [0.29, 0.717) is 25.1 Å². The Labute approximate surface area is 105 Å². The van der Waals surface area contributed by atoms with E-state index in [9.17, 15) is 14.3 Å². The van der Waals surface area contributed by atoms with E-state index in [-0.39, 0.29) is 11.9 Å². The lowest BCUT2D eigenvalue weighted by molar-refractivity contribution is -0.152. The molecule has 1 saturated carbocycles. The van der Waals surface area contributed by atoms with E-state index in [1.165, 1.54) is 12.1 Å². The summed E-state index contributed by atoms with van der Waals surface area (Å²) in [5.74, 6) is -1.32. The second kappa shape index (κ2) is 4.94. The molecule has 0 saturated heterocycles. The van der Waals surface area contributed by atoms with Gasteiger partial charge in [-0.3, -0.25) is 0 Å². The molecule has 0 radical (unpaired) electrons. The van der Waals surface area contributed by atoms with Crippen molar-refractivity contribution in [3.63, 3.8) is 0 Å². The Kier molecular flexibility index (Phi) is 3.52. The predicted molar refractivity (Wildman–Crippen MR) is 65.0 cm³/mol. The van der Waals surface area contributed by atoms with Gasteiger partial charge in [0.1, 0.15) is 11.4 Å². The first-order valence-corrected chi connectivity index (χ1v) is 5.94. The van der Waals surface area contributed by atoms with E-state index in [1.807, 2.05) is 6.92 Å². The van der Waals surface area contributed by atoms with Crippen LogP contribution >= 0.6 is 0 Å². The zero-order valence-electron chi connectivity index (χ0n) is 10.1. The van der Waals surface area contributed by atoms with E-state index in [2.05, 4.69) is 5.32 Å². The van der Waals surface area contributed by atoms with Crippen LogP contribution in [0.15, 0.2) is 24.3 Å². The number of ether oxygens (including phenoxy) is 1. The van der Waals surface area contributed by atoms with Crippen molar-refractivity contribution in [2.45, 2.75) is 31.4 Å². The molecular weight excluding hydrogens is 237 g/mol. The first-order valence-electron chi connectivity index (χ1n) is 5.94. The summed E-state index contributed by atoms with van der Waals surface area (Å²) in [5.41, 5.74) is -0.555. The molecule has 0 heterocycles. The number of anilines is 1. The van der Waals surface area contributed by atoms with Gasteiger partial charge in [-0.2, -0.15) is 0 Å². The fraction of sp³-hybridized carbons (Fsp3) is 0.462. The van der Waals surface area contributed by atoms with Crippen molar-refractivity contribution in [2.75, 3.05) is 11.9 Å². The van der Waals surface area contributed by atoms with Gasteiger partial charge in [0.15, 0.2) is 0 Å². The van der Waals surface area contributed by atoms with Gasteiger partial charge < -0.3 is 15.2 Å². The van der Waals surface area contributed by atoms with Crippen molar-refractivity contribution in [1.29, 1.82) is 0 Å². The number of benzene rings is 1. The van der Waals surface area contributed by atoms with Gasteiger partial charge in [0.25, 0.3) is 0 Å². The van der Waals surface area contributed by atoms with Gasteiger partial charge >= 0.3 is 5.97 Å². The van der Waals surface area contributed by atoms with Gasteiger partial charge in [-0.15, -0.1) is 0 Å². The van der Waals surface area contributed by atoms with Crippen molar-refractivity contribution in [1.82, 2.24) is 0 Å². The van der Waals surface area contributed by atoms with Gasteiger partial charge in [-0.05, 0) is 25.1 Å². The Balaban J connectivity index is 2.07. The van der Waals surface area contributed by atoms with Gasteiger partial charge in [0.05, 0.1) is 6.10 Å². The molecule has 0 bridgehead atoms. The van der Waals surface area contributed by atoms with Gasteiger partial charge in [-0.1, -0.05) is 6.07 Å². The quantitative estimate of drug-likeness (QED) is 0.845. The van der Waals surface area contributed by atoms with Crippen molar-refractivity contribution in [3.8, 4) is 0 Å². The maximum atomic E-state index is 13.1. The smallest absolute Gasteiger partial charge is 0.329 e. The van der Waals surface area contributed by atoms with Crippen LogP contribution in [0.5, 0.6) is 0 Å². The Morgan fingerprint density at radius 2 is 2.33 bits per heavy atom. The summed E-state index contributed by atoms with van der Waals surface area (Å²) in [6.07, 6.45) is 0.756. The number of hydrogen-bond acceptors (Lipinski definition) is 3. The third-order valence-electron chi connectivity index (χ3n) is 3.17. The maximum Gasteiger partial charge on any atom is 0.329 e. The molecule has 0 amide bonds. The number of hydrogen-bond donors (Lipinski definition) is 2. The second-order valence-corrected chi connectivity index (χ2v) is 4.51. The zero-order valence-corrected chi connectivity index (χ0v) is 10.1. The molecule has 4 nitrogen and oxygen atoms in total. The Bertz CT molecular complexity index is 444. The fourth-order valence-corrected chi connectivity index (χ4v) is 2.24. The van der Waals surface area contributed by atoms with Crippen LogP contribution in [-0.4, -0.2) is 29.3 Å². The van der Waals surface area contributed by atoms with E-state index >= 15 is 0 Å². The highest BCUT2D eigenvalue weighted by Gasteiger charge is 2.51. The lowest BCUT2D eigenvalue weighted by atomic mass is 9.74. The SMILES string of the molecule is CCOC1CC(Nc2cccc(F)c2)(C(=O)O)C1. The molecule has 2 N–H and O–H groups in total. The van der Waals surface area contributed by atoms with Crippen LogP contribution in [0.2, 0.25) is 0 Å². The minimum atomic E-state index is -1.03. The standard InChI is InChI=1S/C13H16FNO3/c1-2-18-11-7-13(8-11,12(16)17)15-10-5-3-4-9(14)6-10/h3-6,11,15H,2,7-8H2,1H3,(H,16,17). The summed E-state index contributed by atoms with van der Waals surface area (Å²) in [7, 11) is 0. The van der Waals surface area contributed by atoms with E-state index < -0.39 is 11.5 Å². The predicted octanol–water partition coefficient (Wildman–Crippen LogP) is 2.26. The van der Waals surface area contributed by atoms with Crippen LogP contribution in [-0.2, 0) is 9.53 Å². The number of rotatable bonds is 5. The van der Waals surface area contributed by atoms with Crippen molar-refractivity contribution < 1.29 is 19.0 Å². The molecule has 0 unspecified atom stereocenters. The molecule has 1 aromatic carbocycles. The molecule has 0 aliphatic heterocycles. The molecule has 1 aliphatic carbocycles. The number of carboxylic acids is 1. The molecule has 1 fully saturated rings. The van der Waals surface area contributed by atoms with Crippen LogP contribution in [0.25, 0.3) is 0 Å². The molecule has 98 valence electrons. The van der Waals surface area contributed by atoms with E-state index in [1.54, 1.807) is 12.1 Å². The molecule has 5 heteroatoms. The van der Waals surface area contributed by atoms with Crippen molar-refractivity contribution in [3.05, 3.63) is 30.1 Å². The first kappa shape index (κ1) is 12.8. The average Bonchev–Trinajstić information content (AvgIpc) is 2.25. The van der Waals surface area contributed by atoms with E-state index in [0.717, 1.165) is 0 Å². The lowest BCUT2D eigenvalue weighted by Gasteiger charge is -2.44. The molecule has 18 heavy (non-hydrogen) atoms. The fourth-order valence-electron chi connectivity index (χ4n) is 2.24. The number of carbonyl (C=O) groups is 1. The summed E-state index contributed by atoms with van der Waals surface area (Å²) in [5, 5.41) is 12.2. The average molecular weight is 253 g/mol. The van der Waals surface area contributed by atoms with Crippen LogP contribution in [0.1, 0.15) is 19.8 Å². The highest BCUT2D eigenvalue weighted by Crippen LogP contribution is 2.38. The van der Waals surface area contributed by atoms with Crippen molar-refractivity contribution >= 4 is 11.7 Å². The van der Waals surface area contributed by atoms with Gasteiger partial charge in [0, 0.05) is 25.1 Å². The molecule has 0 spiro atoms. The number of halogens is 1. The monoisotopic (exact) mass is 253 g/mol. The van der Waals surface area contributed by atoms with Gasteiger partial charge in [-0.25, -0.2) is 9.18 Å². The van der Waals surface area contributed by atoms with Crippen LogP contribution in [0.3, 0.4) is 0 Å². The number of aliphatic carboxylic acids is 1. The molecule has 1 aliphatic rings. The maximum absolute atomic E-state index is 13.1. The third kappa shape index (κ3) is 2.46. The summed E-state index contributed by atoms with van der Waals surface area (Å²) in [6, 6.07) is 5.81. The zero-order chi connectivity index (χ0) is 13.2. The molecule has 2 rings (SSSR count). The highest BCUT2D eigenvalue weighted by molar-refractivity contribution is 5.84. The Morgan fingerprint density at radius 1 is 1.61 bits per heavy atom. The molecule has 0 atom stereocenters. The first-order chi connectivity index (χ1) is 8.55. The van der Waals surface area contributed by atoms with Crippen LogP contribution in [0, 0.1) is 5.82 Å². The normalized spacial score (nSPS) is 26.4. The number of carboxylic acid groups (broad SMARTS) is 1. The Morgan fingerprint density at radius 3 is 2.89 bits per heavy atom. The Hall–Kier alpha value is -1.62. The van der Waals surface area contributed by atoms with Crippen molar-refractivity contribution in [2.24, 2.45) is 0 Å². The topological polar surface area (TPSA) is 58.6 Å². The lowest BCUT2D eigenvalue weighted by Crippen LogP contribution is -2.59. The molecular formula is C13H16FNO3. The summed E-state index contributed by atoms with van der Waals surface area (Å²) in [6.45, 7) is 2.45. The summed E-state index contributed by atoms with van der Waals surface area (Å²) in [4.78, 5) is 11.3. The van der Waals surface area contributed by atoms with Crippen LogP contribution in [0.4, 0.5) is 10.1 Å². The molecule has 1 aromatic rings. The largest absolute Gasteiger partial charge is 0.480 e. The third-order valence-corrected chi connectivity index (χ3v) is 3.17. The summed E-state index contributed by atoms with van der Waals surface area (Å²) < 4.78 is 18.4. The summed E-state index contributed by atoms with van der Waals surface area (Å²) >= 11 is 0. The van der Waals surface area contributed by atoms with Crippen LogP contribution < -0.4 is 5.32 Å². The minimum absolute atomic E-state index is 0.0350. The molecule has 0 aromatic heterocycles. The second-order valence-electron chi connectivity index (χ2n) is 4.51. The van der Waals surface area contributed by atoms with Gasteiger partial charge in [0.2, 0.25) is 0 Å².